The molecule has 25 heavy (non-hydrogen) atoms. The fourth-order valence-electron chi connectivity index (χ4n) is 2.94. The summed E-state index contributed by atoms with van der Waals surface area (Å²) in [6.45, 7) is 4.31. The van der Waals surface area contributed by atoms with Crippen molar-refractivity contribution in [2.24, 2.45) is 10.7 Å². The lowest BCUT2D eigenvalue weighted by Gasteiger charge is -2.37. The second-order valence-electron chi connectivity index (χ2n) is 6.68. The first-order chi connectivity index (χ1) is 12.0. The highest BCUT2D eigenvalue weighted by Gasteiger charge is 2.28. The van der Waals surface area contributed by atoms with Crippen molar-refractivity contribution in [3.05, 3.63) is 40.9 Å². The van der Waals surface area contributed by atoms with E-state index in [1.807, 2.05) is 0 Å². The van der Waals surface area contributed by atoms with Crippen LogP contribution in [-0.2, 0) is 6.54 Å². The van der Waals surface area contributed by atoms with Crippen LogP contribution in [0.3, 0.4) is 0 Å². The Kier molecular flexibility index (Phi) is 4.05. The number of nitrogens with two attached hydrogens (primary N) is 1. The average molecular weight is 359 g/mol. The lowest BCUT2D eigenvalue weighted by molar-refractivity contribution is 0.363. The number of rotatable bonds is 2. The molecule has 4 rings (SSSR count). The number of ether oxygens (including phenoxy) is 1. The minimum atomic E-state index is -0.0905. The molecule has 8 heteroatoms. The van der Waals surface area contributed by atoms with Gasteiger partial charge in [0, 0.05) is 24.8 Å². The van der Waals surface area contributed by atoms with Gasteiger partial charge in [0.2, 0.25) is 11.8 Å². The summed E-state index contributed by atoms with van der Waals surface area (Å²) < 4.78 is 5.72. The van der Waals surface area contributed by atoms with Gasteiger partial charge in [0.1, 0.15) is 16.5 Å². The Bertz CT molecular complexity index is 828. The van der Waals surface area contributed by atoms with Crippen LogP contribution >= 0.6 is 11.6 Å². The average Bonchev–Trinajstić information content (AvgIpc) is 2.99. The van der Waals surface area contributed by atoms with E-state index in [0.717, 1.165) is 37.4 Å². The third-order valence-electron chi connectivity index (χ3n) is 4.55. The van der Waals surface area contributed by atoms with Crippen LogP contribution in [0.1, 0.15) is 31.2 Å². The summed E-state index contributed by atoms with van der Waals surface area (Å²) in [6, 6.07) is 3.47. The van der Waals surface area contributed by atoms with Gasteiger partial charge >= 0.3 is 0 Å². The molecule has 2 aromatic rings. The van der Waals surface area contributed by atoms with Gasteiger partial charge in [-0.3, -0.25) is 0 Å². The topological polar surface area (TPSA) is 89.5 Å². The predicted molar refractivity (Wildman–Crippen MR) is 96.2 cm³/mol. The van der Waals surface area contributed by atoms with Crippen molar-refractivity contribution in [1.29, 1.82) is 0 Å². The van der Waals surface area contributed by atoms with Crippen LogP contribution in [0.2, 0.25) is 5.02 Å². The van der Waals surface area contributed by atoms with Gasteiger partial charge in [0.15, 0.2) is 0 Å². The maximum Gasteiger partial charge on any atom is 0.245 e. The number of piperidine rings is 1. The Morgan fingerprint density at radius 1 is 1.28 bits per heavy atom. The molecule has 1 fully saturated rings. The molecule has 1 saturated heterocycles. The van der Waals surface area contributed by atoms with Gasteiger partial charge < -0.3 is 15.4 Å². The molecule has 0 radical (unpaired) electrons. The lowest BCUT2D eigenvalue weighted by atomic mass is 9.91. The van der Waals surface area contributed by atoms with Crippen LogP contribution in [0, 0.1) is 0 Å². The number of fused-ring (bicyclic) bond motifs is 1. The summed E-state index contributed by atoms with van der Waals surface area (Å²) in [7, 11) is 0. The van der Waals surface area contributed by atoms with Crippen LogP contribution < -0.4 is 15.4 Å². The number of aromatic nitrogens is 3. The highest BCUT2D eigenvalue weighted by molar-refractivity contribution is 6.32. The molecule has 130 valence electrons. The number of aliphatic imine (C=N–C) groups is 1. The first-order valence-corrected chi connectivity index (χ1v) is 8.63. The van der Waals surface area contributed by atoms with Crippen molar-refractivity contribution in [3.8, 4) is 5.88 Å². The molecule has 7 nitrogen and oxygen atoms in total. The summed E-state index contributed by atoms with van der Waals surface area (Å²) in [4.78, 5) is 19.9. The zero-order chi connectivity index (χ0) is 17.4. The molecule has 0 aliphatic carbocycles. The molecular weight excluding hydrogens is 340 g/mol. The Morgan fingerprint density at radius 3 is 2.84 bits per heavy atom. The number of hydrogen-bond acceptors (Lipinski definition) is 7. The fourth-order valence-corrected chi connectivity index (χ4v) is 3.10. The number of anilines is 1. The van der Waals surface area contributed by atoms with Gasteiger partial charge in [-0.2, -0.15) is 0 Å². The van der Waals surface area contributed by atoms with Gasteiger partial charge in [-0.05, 0) is 31.9 Å². The highest BCUT2D eigenvalue weighted by Crippen LogP contribution is 2.26. The van der Waals surface area contributed by atoms with Crippen molar-refractivity contribution < 1.29 is 4.74 Å². The zero-order valence-electron chi connectivity index (χ0n) is 13.9. The molecule has 2 N–H and O–H groups in total. The second-order valence-corrected chi connectivity index (χ2v) is 7.09. The number of nitrogens with zero attached hydrogens (tertiary/aromatic N) is 5. The Morgan fingerprint density at radius 2 is 2.08 bits per heavy atom. The zero-order valence-corrected chi connectivity index (χ0v) is 14.7. The smallest absolute Gasteiger partial charge is 0.245 e. The van der Waals surface area contributed by atoms with Crippen molar-refractivity contribution in [3.63, 3.8) is 0 Å². The van der Waals surface area contributed by atoms with Crippen LogP contribution in [0.4, 0.5) is 5.82 Å². The molecule has 2 aromatic heterocycles. The number of pyridine rings is 1. The molecule has 2 aliphatic rings. The Hall–Kier alpha value is -2.25. The van der Waals surface area contributed by atoms with Gasteiger partial charge in [-0.1, -0.05) is 11.6 Å². The summed E-state index contributed by atoms with van der Waals surface area (Å²) in [5, 5.41) is 0.432. The van der Waals surface area contributed by atoms with E-state index in [1.54, 1.807) is 24.5 Å². The van der Waals surface area contributed by atoms with Gasteiger partial charge in [-0.15, -0.1) is 0 Å². The second kappa shape index (κ2) is 6.24. The van der Waals surface area contributed by atoms with E-state index >= 15 is 0 Å². The van der Waals surface area contributed by atoms with Crippen LogP contribution in [0.25, 0.3) is 0 Å². The number of halogens is 1. The fraction of sp³-hybridized carbons (Fsp3) is 0.412. The van der Waals surface area contributed by atoms with E-state index in [0.29, 0.717) is 29.0 Å². The normalized spacial score (nSPS) is 18.7. The van der Waals surface area contributed by atoms with Crippen LogP contribution in [0.15, 0.2) is 29.5 Å². The third kappa shape index (κ3) is 3.29. The largest absolute Gasteiger partial charge is 0.417 e. The Labute approximate surface area is 150 Å². The minimum absolute atomic E-state index is 0.0905. The minimum Gasteiger partial charge on any atom is -0.417 e. The van der Waals surface area contributed by atoms with Crippen molar-refractivity contribution in [2.45, 2.75) is 31.8 Å². The Balaban J connectivity index is 1.51. The van der Waals surface area contributed by atoms with E-state index in [9.17, 15) is 0 Å². The summed E-state index contributed by atoms with van der Waals surface area (Å²) in [6.07, 6.45) is 5.26. The molecule has 0 amide bonds. The molecule has 0 spiro atoms. The van der Waals surface area contributed by atoms with Crippen LogP contribution in [0.5, 0.6) is 5.88 Å². The summed E-state index contributed by atoms with van der Waals surface area (Å²) in [5.41, 5.74) is 7.56. The molecule has 2 aliphatic heterocycles. The molecule has 0 atom stereocenters. The summed E-state index contributed by atoms with van der Waals surface area (Å²) >= 11 is 6.08. The van der Waals surface area contributed by atoms with E-state index in [4.69, 9.17) is 27.1 Å². The highest BCUT2D eigenvalue weighted by atomic mass is 35.5. The van der Waals surface area contributed by atoms with E-state index in [-0.39, 0.29) is 5.54 Å². The SMILES string of the molecule is CC1(N)CCN(c2cnc3c(n2)CN=C3Oc2ncccc2Cl)CC1. The maximum absolute atomic E-state index is 6.20. The van der Waals surface area contributed by atoms with Crippen molar-refractivity contribution in [2.75, 3.05) is 18.0 Å². The van der Waals surface area contributed by atoms with Gasteiger partial charge in [-0.25, -0.2) is 19.9 Å². The molecular formula is C17H19ClN6O. The lowest BCUT2D eigenvalue weighted by Crippen LogP contribution is -2.48. The van der Waals surface area contributed by atoms with Gasteiger partial charge in [0.25, 0.3) is 0 Å². The first kappa shape index (κ1) is 16.2. The molecule has 0 saturated carbocycles. The third-order valence-corrected chi connectivity index (χ3v) is 4.84. The number of hydrogen-bond donors (Lipinski definition) is 1. The molecule has 0 unspecified atom stereocenters. The predicted octanol–water partition coefficient (Wildman–Crippen LogP) is 2.18. The molecule has 4 heterocycles. The monoisotopic (exact) mass is 358 g/mol. The van der Waals surface area contributed by atoms with E-state index in [2.05, 4.69) is 26.8 Å². The quantitative estimate of drug-likeness (QED) is 0.885. The standard InChI is InChI=1S/C17H19ClN6O/c1-17(19)4-7-24(8-5-17)13-10-21-14-12(23-13)9-22-16(14)25-15-11(18)3-2-6-20-15/h2-3,6,10H,4-5,7-9,19H2,1H3. The molecule has 0 bridgehead atoms. The van der Waals surface area contributed by atoms with Crippen molar-refractivity contribution in [1.82, 2.24) is 15.0 Å². The van der Waals surface area contributed by atoms with E-state index in [1.165, 1.54) is 0 Å². The maximum atomic E-state index is 6.20. The molecule has 0 aromatic carbocycles. The van der Waals surface area contributed by atoms with Gasteiger partial charge in [0.05, 0.1) is 18.4 Å². The van der Waals surface area contributed by atoms with Crippen LogP contribution in [-0.4, -0.2) is 39.5 Å². The first-order valence-electron chi connectivity index (χ1n) is 8.25. The van der Waals surface area contributed by atoms with E-state index < -0.39 is 0 Å². The van der Waals surface area contributed by atoms with Crippen molar-refractivity contribution >= 4 is 23.3 Å². The summed E-state index contributed by atoms with van der Waals surface area (Å²) in [5.74, 6) is 1.59.